The van der Waals surface area contributed by atoms with Crippen molar-refractivity contribution in [1.29, 1.82) is 0 Å². The maximum Gasteiger partial charge on any atom is 0.293 e. The summed E-state index contributed by atoms with van der Waals surface area (Å²) < 4.78 is 69.7. The van der Waals surface area contributed by atoms with E-state index in [1.165, 1.54) is 0 Å². The summed E-state index contributed by atoms with van der Waals surface area (Å²) in [7, 11) is 2.29. The van der Waals surface area contributed by atoms with E-state index in [1.54, 1.807) is 0 Å². The molecule has 0 aliphatic carbocycles. The summed E-state index contributed by atoms with van der Waals surface area (Å²) in [6, 6.07) is 0. The van der Waals surface area contributed by atoms with Crippen molar-refractivity contribution in [2.75, 3.05) is 53.9 Å². The minimum absolute atomic E-state index is 0.00108. The van der Waals surface area contributed by atoms with Gasteiger partial charge in [-0.05, 0) is 6.42 Å². The van der Waals surface area contributed by atoms with E-state index in [4.69, 9.17) is 4.74 Å². The van der Waals surface area contributed by atoms with E-state index in [2.05, 4.69) is 14.2 Å². The van der Waals surface area contributed by atoms with Crippen molar-refractivity contribution in [3.8, 4) is 0 Å². The molecule has 0 heterocycles. The molecule has 0 aromatic carbocycles. The lowest BCUT2D eigenvalue weighted by Gasteiger charge is -2.18. The Hall–Kier alpha value is -0.480. The fourth-order valence-corrected chi connectivity index (χ4v) is 1.37. The minimum atomic E-state index is -3.13. The van der Waals surface area contributed by atoms with Crippen LogP contribution in [0.1, 0.15) is 6.42 Å². The van der Waals surface area contributed by atoms with Crippen molar-refractivity contribution < 1.29 is 41.6 Å². The van der Waals surface area contributed by atoms with Crippen LogP contribution >= 0.6 is 0 Å². The third kappa shape index (κ3) is 11.8. The highest BCUT2D eigenvalue weighted by atomic mass is 19.3. The predicted molar refractivity (Wildman–Crippen MR) is 65.9 cm³/mol. The molecule has 1 atom stereocenters. The summed E-state index contributed by atoms with van der Waals surface area (Å²) >= 11 is 0. The van der Waals surface area contributed by atoms with E-state index in [0.29, 0.717) is 0 Å². The molecule has 0 saturated heterocycles. The van der Waals surface area contributed by atoms with Gasteiger partial charge in [0.2, 0.25) is 0 Å². The summed E-state index contributed by atoms with van der Waals surface area (Å²) in [5.74, 6) is -6.23. The molecule has 128 valence electrons. The Balaban J connectivity index is 3.65. The van der Waals surface area contributed by atoms with E-state index < -0.39 is 44.4 Å². The molecule has 9 heteroatoms. The van der Waals surface area contributed by atoms with Crippen molar-refractivity contribution in [2.24, 2.45) is 0 Å². The quantitative estimate of drug-likeness (QED) is 0.410. The number of rotatable bonds is 13. The first-order chi connectivity index (χ1) is 9.72. The summed E-state index contributed by atoms with van der Waals surface area (Å²) in [4.78, 5) is 0. The van der Waals surface area contributed by atoms with Gasteiger partial charge >= 0.3 is 0 Å². The molecule has 0 saturated carbocycles. The lowest BCUT2D eigenvalue weighted by atomic mass is 10.3. The van der Waals surface area contributed by atoms with Gasteiger partial charge in [0.1, 0.15) is 26.4 Å². The first kappa shape index (κ1) is 20.5. The van der Waals surface area contributed by atoms with Crippen LogP contribution in [0.5, 0.6) is 0 Å². The Morgan fingerprint density at radius 2 is 1.33 bits per heavy atom. The van der Waals surface area contributed by atoms with Crippen molar-refractivity contribution in [2.45, 2.75) is 24.4 Å². The summed E-state index contributed by atoms with van der Waals surface area (Å²) in [6.45, 7) is -3.73. The maximum atomic E-state index is 12.9. The van der Waals surface area contributed by atoms with Gasteiger partial charge in [0.15, 0.2) is 0 Å². The molecule has 0 aromatic rings. The zero-order valence-electron chi connectivity index (χ0n) is 12.1. The van der Waals surface area contributed by atoms with E-state index in [9.17, 15) is 22.7 Å². The normalized spacial score (nSPS) is 14.4. The molecule has 0 spiro atoms. The number of ether oxygens (including phenoxy) is 4. The summed E-state index contributed by atoms with van der Waals surface area (Å²) in [5, 5.41) is 9.42. The fraction of sp³-hybridized carbons (Fsp3) is 1.00. The largest absolute Gasteiger partial charge is 0.391 e. The lowest BCUT2D eigenvalue weighted by Crippen LogP contribution is -2.32. The van der Waals surface area contributed by atoms with Gasteiger partial charge in [-0.25, -0.2) is 17.6 Å². The molecule has 0 aromatic heterocycles. The second kappa shape index (κ2) is 10.3. The molecule has 0 fully saturated rings. The Labute approximate surface area is 121 Å². The van der Waals surface area contributed by atoms with Gasteiger partial charge in [0.25, 0.3) is 11.8 Å². The first-order valence-electron chi connectivity index (χ1n) is 6.29. The third-order valence-corrected chi connectivity index (χ3v) is 2.24. The molecular weight excluding hydrogens is 300 g/mol. The zero-order chi connectivity index (χ0) is 16.4. The summed E-state index contributed by atoms with van der Waals surface area (Å²) in [6.07, 6.45) is -1.07. The molecule has 5 nitrogen and oxygen atoms in total. The molecule has 0 radical (unpaired) electrons. The van der Waals surface area contributed by atoms with Crippen molar-refractivity contribution in [1.82, 2.24) is 0 Å². The van der Waals surface area contributed by atoms with E-state index in [0.717, 1.165) is 14.2 Å². The van der Waals surface area contributed by atoms with E-state index in [-0.39, 0.29) is 19.6 Å². The predicted octanol–water partition coefficient (Wildman–Crippen LogP) is 1.33. The van der Waals surface area contributed by atoms with Crippen LogP contribution < -0.4 is 0 Å². The van der Waals surface area contributed by atoms with Crippen molar-refractivity contribution in [3.63, 3.8) is 0 Å². The van der Waals surface area contributed by atoms with Gasteiger partial charge in [-0.1, -0.05) is 0 Å². The van der Waals surface area contributed by atoms with Crippen LogP contribution in [-0.4, -0.2) is 76.9 Å². The first-order valence-corrected chi connectivity index (χ1v) is 6.29. The highest BCUT2D eigenvalue weighted by Gasteiger charge is 2.30. The van der Waals surface area contributed by atoms with Gasteiger partial charge in [0, 0.05) is 20.8 Å². The zero-order valence-corrected chi connectivity index (χ0v) is 12.1. The smallest absolute Gasteiger partial charge is 0.293 e. The van der Waals surface area contributed by atoms with Crippen LogP contribution in [0.4, 0.5) is 17.6 Å². The van der Waals surface area contributed by atoms with Crippen LogP contribution in [0, 0.1) is 0 Å². The van der Waals surface area contributed by atoms with Crippen LogP contribution in [0.3, 0.4) is 0 Å². The van der Waals surface area contributed by atoms with Gasteiger partial charge in [-0.15, -0.1) is 0 Å². The second-order valence-corrected chi connectivity index (χ2v) is 4.59. The van der Waals surface area contributed by atoms with Gasteiger partial charge in [-0.2, -0.15) is 0 Å². The standard InChI is InChI=1S/C12H22F4O5/c1-18-6-11(13,14)8-20-4-3-10(17)5-21-9-12(15,16)7-19-2/h10,17H,3-9H2,1-2H3. The van der Waals surface area contributed by atoms with Crippen LogP contribution in [0.25, 0.3) is 0 Å². The molecule has 0 rings (SSSR count). The van der Waals surface area contributed by atoms with Crippen molar-refractivity contribution >= 4 is 0 Å². The third-order valence-electron chi connectivity index (χ3n) is 2.24. The number of methoxy groups -OCH3 is 2. The van der Waals surface area contributed by atoms with Crippen LogP contribution in [0.15, 0.2) is 0 Å². The molecule has 1 N–H and O–H groups in total. The molecular formula is C12H22F4O5. The Kier molecular flexibility index (Phi) is 10.0. The second-order valence-electron chi connectivity index (χ2n) is 4.59. The monoisotopic (exact) mass is 322 g/mol. The molecule has 0 aliphatic rings. The lowest BCUT2D eigenvalue weighted by molar-refractivity contribution is -0.130. The highest BCUT2D eigenvalue weighted by Crippen LogP contribution is 2.15. The molecule has 21 heavy (non-hydrogen) atoms. The van der Waals surface area contributed by atoms with Gasteiger partial charge < -0.3 is 24.1 Å². The highest BCUT2D eigenvalue weighted by molar-refractivity contribution is 4.65. The Morgan fingerprint density at radius 3 is 1.81 bits per heavy atom. The fourth-order valence-electron chi connectivity index (χ4n) is 1.37. The average Bonchev–Trinajstić information content (AvgIpc) is 2.34. The number of alkyl halides is 4. The Morgan fingerprint density at radius 1 is 0.857 bits per heavy atom. The maximum absolute atomic E-state index is 12.9. The van der Waals surface area contributed by atoms with Crippen LogP contribution in [-0.2, 0) is 18.9 Å². The number of hydrogen-bond acceptors (Lipinski definition) is 5. The molecule has 0 aliphatic heterocycles. The summed E-state index contributed by atoms with van der Waals surface area (Å²) in [5.41, 5.74) is 0. The Bertz CT molecular complexity index is 266. The minimum Gasteiger partial charge on any atom is -0.391 e. The average molecular weight is 322 g/mol. The molecule has 0 bridgehead atoms. The number of aliphatic hydroxyl groups excluding tert-OH is 1. The molecule has 0 amide bonds. The topological polar surface area (TPSA) is 57.2 Å². The number of aliphatic hydroxyl groups is 1. The van der Waals surface area contributed by atoms with Crippen molar-refractivity contribution in [3.05, 3.63) is 0 Å². The number of hydrogen-bond donors (Lipinski definition) is 1. The van der Waals surface area contributed by atoms with E-state index >= 15 is 0 Å². The SMILES string of the molecule is COCC(F)(F)COCCC(O)COCC(F)(F)COC. The van der Waals surface area contributed by atoms with E-state index in [1.807, 2.05) is 0 Å². The molecule has 1 unspecified atom stereocenters. The van der Waals surface area contributed by atoms with Gasteiger partial charge in [0.05, 0.1) is 12.7 Å². The van der Waals surface area contributed by atoms with Gasteiger partial charge in [-0.3, -0.25) is 0 Å². The van der Waals surface area contributed by atoms with Crippen LogP contribution in [0.2, 0.25) is 0 Å². The number of halogens is 4.